The van der Waals surface area contributed by atoms with Gasteiger partial charge in [-0.25, -0.2) is 0 Å². The smallest absolute Gasteiger partial charge is 0.306 e. The first-order chi connectivity index (χ1) is 10.1. The van der Waals surface area contributed by atoms with Crippen molar-refractivity contribution in [1.29, 1.82) is 0 Å². The number of carboxylic acids is 1. The molecule has 1 fully saturated rings. The minimum Gasteiger partial charge on any atom is -0.481 e. The lowest BCUT2D eigenvalue weighted by Crippen LogP contribution is -2.29. The summed E-state index contributed by atoms with van der Waals surface area (Å²) in [7, 11) is 0. The van der Waals surface area contributed by atoms with Crippen molar-refractivity contribution in [2.24, 2.45) is 11.8 Å². The summed E-state index contributed by atoms with van der Waals surface area (Å²) in [5, 5.41) is 11.9. The molecule has 0 radical (unpaired) electrons. The Bertz CT molecular complexity index is 571. The number of aryl methyl sites for hydroxylation is 2. The van der Waals surface area contributed by atoms with Gasteiger partial charge >= 0.3 is 5.97 Å². The van der Waals surface area contributed by atoms with E-state index in [1.165, 1.54) is 11.3 Å². The van der Waals surface area contributed by atoms with Gasteiger partial charge in [0.25, 0.3) is 0 Å². The second-order valence-corrected chi connectivity index (χ2v) is 6.07. The average Bonchev–Trinajstić information content (AvgIpc) is 3.12. The topological polar surface area (TPSA) is 79.3 Å². The van der Waals surface area contributed by atoms with E-state index in [9.17, 15) is 9.59 Å². The third-order valence-corrected chi connectivity index (χ3v) is 4.60. The van der Waals surface area contributed by atoms with Gasteiger partial charge in [-0.05, 0) is 49.7 Å². The van der Waals surface area contributed by atoms with Gasteiger partial charge in [-0.15, -0.1) is 0 Å². The monoisotopic (exact) mass is 288 g/mol. The SMILES string of the molecule is O=C(O)[C@@H]1CC[C@H](C(=O)NCc2cnc3c(c2)CCC3)C1. The molecule has 1 saturated carbocycles. The summed E-state index contributed by atoms with van der Waals surface area (Å²) in [6, 6.07) is 2.13. The number of carboxylic acid groups (broad SMARTS) is 1. The second kappa shape index (κ2) is 5.84. The summed E-state index contributed by atoms with van der Waals surface area (Å²) in [4.78, 5) is 27.5. The van der Waals surface area contributed by atoms with E-state index >= 15 is 0 Å². The normalized spacial score (nSPS) is 23.8. The number of carbonyl (C=O) groups is 2. The zero-order valence-corrected chi connectivity index (χ0v) is 12.0. The molecule has 0 spiro atoms. The van der Waals surface area contributed by atoms with Crippen LogP contribution in [0.3, 0.4) is 0 Å². The van der Waals surface area contributed by atoms with Gasteiger partial charge in [0.2, 0.25) is 5.91 Å². The molecule has 0 aromatic carbocycles. The van der Waals surface area contributed by atoms with Crippen LogP contribution in [0, 0.1) is 11.8 Å². The molecule has 1 heterocycles. The lowest BCUT2D eigenvalue weighted by atomic mass is 10.0. The first-order valence-electron chi connectivity index (χ1n) is 7.60. The molecule has 0 bridgehead atoms. The number of amides is 1. The van der Waals surface area contributed by atoms with E-state index in [0.29, 0.717) is 25.8 Å². The van der Waals surface area contributed by atoms with Gasteiger partial charge in [-0.2, -0.15) is 0 Å². The molecular formula is C16H20N2O3. The van der Waals surface area contributed by atoms with Gasteiger partial charge in [-0.3, -0.25) is 14.6 Å². The number of pyridine rings is 1. The quantitative estimate of drug-likeness (QED) is 0.883. The molecule has 2 N–H and O–H groups in total. The highest BCUT2D eigenvalue weighted by molar-refractivity contribution is 5.80. The fourth-order valence-corrected chi connectivity index (χ4v) is 3.35. The lowest BCUT2D eigenvalue weighted by molar-refractivity contribution is -0.141. The van der Waals surface area contributed by atoms with Gasteiger partial charge in [-0.1, -0.05) is 6.07 Å². The highest BCUT2D eigenvalue weighted by atomic mass is 16.4. The van der Waals surface area contributed by atoms with Crippen LogP contribution in [-0.4, -0.2) is 22.0 Å². The molecule has 21 heavy (non-hydrogen) atoms. The molecule has 1 aromatic rings. The highest BCUT2D eigenvalue weighted by Gasteiger charge is 2.33. The zero-order valence-electron chi connectivity index (χ0n) is 12.0. The number of fused-ring (bicyclic) bond motifs is 1. The number of rotatable bonds is 4. The van der Waals surface area contributed by atoms with Crippen LogP contribution in [-0.2, 0) is 29.0 Å². The minimum absolute atomic E-state index is 0.0285. The Morgan fingerprint density at radius 3 is 2.86 bits per heavy atom. The fraction of sp³-hybridized carbons (Fsp3) is 0.562. The predicted octanol–water partition coefficient (Wildman–Crippen LogP) is 1.69. The predicted molar refractivity (Wildman–Crippen MR) is 76.6 cm³/mol. The van der Waals surface area contributed by atoms with Crippen LogP contribution >= 0.6 is 0 Å². The van der Waals surface area contributed by atoms with Crippen LogP contribution in [0.5, 0.6) is 0 Å². The standard InChI is InChI=1S/C16H20N2O3/c19-15(12-4-5-13(7-12)16(20)21)18-9-10-6-11-2-1-3-14(11)17-8-10/h6,8,12-13H,1-5,7,9H2,(H,18,19)(H,20,21)/t12-,13+/m0/s1. The molecular weight excluding hydrogens is 268 g/mol. The molecule has 0 saturated heterocycles. The van der Waals surface area contributed by atoms with E-state index in [1.807, 2.05) is 6.20 Å². The molecule has 5 nitrogen and oxygen atoms in total. The molecule has 2 aliphatic carbocycles. The Hall–Kier alpha value is -1.91. The van der Waals surface area contributed by atoms with E-state index < -0.39 is 5.97 Å². The summed E-state index contributed by atoms with van der Waals surface area (Å²) in [5.74, 6) is -1.33. The number of carbonyl (C=O) groups excluding carboxylic acids is 1. The van der Waals surface area contributed by atoms with Crippen molar-refractivity contribution in [2.45, 2.75) is 45.1 Å². The van der Waals surface area contributed by atoms with Gasteiger partial charge < -0.3 is 10.4 Å². The number of hydrogen-bond donors (Lipinski definition) is 2. The molecule has 1 amide bonds. The molecule has 2 atom stereocenters. The van der Waals surface area contributed by atoms with Crippen molar-refractivity contribution < 1.29 is 14.7 Å². The maximum Gasteiger partial charge on any atom is 0.306 e. The summed E-state index contributed by atoms with van der Waals surface area (Å²) >= 11 is 0. The Labute approximate surface area is 123 Å². The van der Waals surface area contributed by atoms with Gasteiger partial charge in [0.1, 0.15) is 0 Å². The number of aromatic nitrogens is 1. The van der Waals surface area contributed by atoms with Crippen molar-refractivity contribution in [3.05, 3.63) is 29.1 Å². The first-order valence-corrected chi connectivity index (χ1v) is 7.60. The van der Waals surface area contributed by atoms with Crippen molar-refractivity contribution in [1.82, 2.24) is 10.3 Å². The molecule has 3 rings (SSSR count). The Kier molecular flexibility index (Phi) is 3.90. The second-order valence-electron chi connectivity index (χ2n) is 6.07. The zero-order chi connectivity index (χ0) is 14.8. The molecule has 5 heteroatoms. The van der Waals surface area contributed by atoms with Crippen LogP contribution in [0.4, 0.5) is 0 Å². The van der Waals surface area contributed by atoms with Crippen LogP contribution in [0.1, 0.15) is 42.5 Å². The van der Waals surface area contributed by atoms with Crippen LogP contribution < -0.4 is 5.32 Å². The largest absolute Gasteiger partial charge is 0.481 e. The van der Waals surface area contributed by atoms with Crippen molar-refractivity contribution in [2.75, 3.05) is 0 Å². The summed E-state index contributed by atoms with van der Waals surface area (Å²) in [6.07, 6.45) is 6.87. The molecule has 0 aliphatic heterocycles. The van der Waals surface area contributed by atoms with E-state index in [0.717, 1.165) is 24.8 Å². The summed E-state index contributed by atoms with van der Waals surface area (Å²) in [6.45, 7) is 0.480. The average molecular weight is 288 g/mol. The van der Waals surface area contributed by atoms with Gasteiger partial charge in [0.05, 0.1) is 5.92 Å². The van der Waals surface area contributed by atoms with Crippen molar-refractivity contribution >= 4 is 11.9 Å². The highest BCUT2D eigenvalue weighted by Crippen LogP contribution is 2.31. The number of hydrogen-bond acceptors (Lipinski definition) is 3. The Morgan fingerprint density at radius 1 is 1.29 bits per heavy atom. The third kappa shape index (κ3) is 3.06. The number of aliphatic carboxylic acids is 1. The fourth-order valence-electron chi connectivity index (χ4n) is 3.35. The molecule has 0 unspecified atom stereocenters. The Morgan fingerprint density at radius 2 is 2.10 bits per heavy atom. The maximum atomic E-state index is 12.1. The third-order valence-electron chi connectivity index (χ3n) is 4.60. The molecule has 1 aromatic heterocycles. The minimum atomic E-state index is -0.784. The van der Waals surface area contributed by atoms with E-state index in [4.69, 9.17) is 5.11 Å². The van der Waals surface area contributed by atoms with Crippen LogP contribution in [0.25, 0.3) is 0 Å². The first kappa shape index (κ1) is 14.0. The van der Waals surface area contributed by atoms with Crippen molar-refractivity contribution in [3.63, 3.8) is 0 Å². The number of nitrogens with one attached hydrogen (secondary N) is 1. The van der Waals surface area contributed by atoms with Crippen molar-refractivity contribution in [3.8, 4) is 0 Å². The summed E-state index contributed by atoms with van der Waals surface area (Å²) in [5.41, 5.74) is 3.51. The van der Waals surface area contributed by atoms with E-state index in [-0.39, 0.29) is 17.7 Å². The van der Waals surface area contributed by atoms with Crippen LogP contribution in [0.15, 0.2) is 12.3 Å². The number of nitrogens with zero attached hydrogens (tertiary/aromatic N) is 1. The summed E-state index contributed by atoms with van der Waals surface area (Å²) < 4.78 is 0. The molecule has 2 aliphatic rings. The maximum absolute atomic E-state index is 12.1. The Balaban J connectivity index is 1.53. The molecule has 112 valence electrons. The van der Waals surface area contributed by atoms with Crippen LogP contribution in [0.2, 0.25) is 0 Å². The van der Waals surface area contributed by atoms with Gasteiger partial charge in [0, 0.05) is 24.4 Å². The van der Waals surface area contributed by atoms with E-state index in [2.05, 4.69) is 16.4 Å². The van der Waals surface area contributed by atoms with E-state index in [1.54, 1.807) is 0 Å². The van der Waals surface area contributed by atoms with Gasteiger partial charge in [0.15, 0.2) is 0 Å². The lowest BCUT2D eigenvalue weighted by Gasteiger charge is -2.11.